The Kier molecular flexibility index (Phi) is 6.33. The van der Waals surface area contributed by atoms with E-state index in [0.717, 1.165) is 16.9 Å². The van der Waals surface area contributed by atoms with Gasteiger partial charge < -0.3 is 15.2 Å². The molecule has 0 aliphatic rings. The smallest absolute Gasteiger partial charge is 0.349 e. The lowest BCUT2D eigenvalue weighted by Crippen LogP contribution is -2.17. The van der Waals surface area contributed by atoms with E-state index in [9.17, 15) is 19.5 Å². The molecule has 0 spiro atoms. The molecule has 1 amide bonds. The first-order valence-corrected chi connectivity index (χ1v) is 8.99. The Morgan fingerprint density at radius 2 is 2.12 bits per heavy atom. The summed E-state index contributed by atoms with van der Waals surface area (Å²) in [4.78, 5) is 34.4. The fraction of sp³-hybridized carbons (Fsp3) is 0.235. The monoisotopic (exact) mass is 425 g/mol. The third-order valence-electron chi connectivity index (χ3n) is 3.22. The van der Waals surface area contributed by atoms with E-state index in [2.05, 4.69) is 21.2 Å². The predicted molar refractivity (Wildman–Crippen MR) is 99.4 cm³/mol. The summed E-state index contributed by atoms with van der Waals surface area (Å²) in [6.07, 6.45) is 0.553. The van der Waals surface area contributed by atoms with Crippen LogP contribution in [0.5, 0.6) is 5.75 Å². The predicted octanol–water partition coefficient (Wildman–Crippen LogP) is 4.05. The summed E-state index contributed by atoms with van der Waals surface area (Å²) in [6.45, 7) is 3.36. The van der Waals surface area contributed by atoms with Crippen molar-refractivity contribution in [3.8, 4) is 16.2 Å². The summed E-state index contributed by atoms with van der Waals surface area (Å²) in [5.41, 5.74) is 1.34. The number of aldehydes is 1. The third kappa shape index (κ3) is 4.46. The van der Waals surface area contributed by atoms with Crippen LogP contribution in [-0.4, -0.2) is 29.9 Å². The summed E-state index contributed by atoms with van der Waals surface area (Å²) < 4.78 is 5.71. The number of rotatable bonds is 7. The van der Waals surface area contributed by atoms with Gasteiger partial charge in [-0.2, -0.15) is 0 Å². The molecule has 2 N–H and O–H groups in total. The molecule has 0 aliphatic carbocycles. The van der Waals surface area contributed by atoms with Gasteiger partial charge in [0.05, 0.1) is 9.35 Å². The highest BCUT2D eigenvalue weighted by atomic mass is 79.9. The molecule has 0 atom stereocenters. The molecule has 132 valence electrons. The van der Waals surface area contributed by atoms with Crippen LogP contribution in [-0.2, 0) is 9.59 Å². The number of hydrogen-bond acceptors (Lipinski definition) is 5. The van der Waals surface area contributed by atoms with E-state index < -0.39 is 5.97 Å². The average molecular weight is 426 g/mol. The van der Waals surface area contributed by atoms with Crippen molar-refractivity contribution in [1.29, 1.82) is 0 Å². The Labute approximate surface area is 156 Å². The van der Waals surface area contributed by atoms with Gasteiger partial charge in [-0.3, -0.25) is 9.59 Å². The lowest BCUT2D eigenvalue weighted by molar-refractivity contribution is -0.118. The van der Waals surface area contributed by atoms with E-state index in [1.165, 1.54) is 0 Å². The highest BCUT2D eigenvalue weighted by Crippen LogP contribution is 2.45. The summed E-state index contributed by atoms with van der Waals surface area (Å²) in [5.74, 6) is -1.28. The first-order chi connectivity index (χ1) is 11.8. The van der Waals surface area contributed by atoms with Crippen LogP contribution in [0.15, 0.2) is 28.7 Å². The fourth-order valence-corrected chi connectivity index (χ4v) is 3.88. The fourth-order valence-electron chi connectivity index (χ4n) is 1.99. The van der Waals surface area contributed by atoms with Crippen LogP contribution in [0, 0.1) is 5.92 Å². The Morgan fingerprint density at radius 3 is 2.72 bits per heavy atom. The van der Waals surface area contributed by atoms with E-state index in [-0.39, 0.29) is 29.1 Å². The number of hydrogen-bond donors (Lipinski definition) is 2. The molecule has 1 heterocycles. The van der Waals surface area contributed by atoms with Crippen molar-refractivity contribution < 1.29 is 24.2 Å². The molecular formula is C17H16BrNO5S. The van der Waals surface area contributed by atoms with Crippen LogP contribution >= 0.6 is 27.3 Å². The number of benzene rings is 1. The molecule has 0 fully saturated rings. The number of carboxylic acids is 1. The molecule has 8 heteroatoms. The standard InChI is InChI=1S/C17H16BrNO5S/c1-9(2)16(21)19-11-5-3-4-10(8-11)14-12(18)13(24-7-6-20)15(25-14)17(22)23/h3-6,8-9H,7H2,1-2H3,(H,19,21)(H,22,23). The molecule has 1 aromatic carbocycles. The van der Waals surface area contributed by atoms with Crippen molar-refractivity contribution in [2.45, 2.75) is 13.8 Å². The molecule has 0 unspecified atom stereocenters. The largest absolute Gasteiger partial charge is 0.483 e. The topological polar surface area (TPSA) is 92.7 Å². The molecule has 0 saturated heterocycles. The third-order valence-corrected chi connectivity index (χ3v) is 5.44. The van der Waals surface area contributed by atoms with E-state index in [4.69, 9.17) is 4.74 Å². The number of halogens is 1. The van der Waals surface area contributed by atoms with Gasteiger partial charge in [0.25, 0.3) is 0 Å². The minimum absolute atomic E-state index is 0.000319. The van der Waals surface area contributed by atoms with Gasteiger partial charge >= 0.3 is 5.97 Å². The van der Waals surface area contributed by atoms with Crippen molar-refractivity contribution in [2.75, 3.05) is 11.9 Å². The molecule has 1 aromatic heterocycles. The summed E-state index contributed by atoms with van der Waals surface area (Å²) in [7, 11) is 0. The molecular weight excluding hydrogens is 410 g/mol. The van der Waals surface area contributed by atoms with Crippen LogP contribution in [0.2, 0.25) is 0 Å². The molecule has 0 saturated carbocycles. The second kappa shape index (κ2) is 8.26. The average Bonchev–Trinajstić information content (AvgIpc) is 2.90. The van der Waals surface area contributed by atoms with Crippen LogP contribution in [0.25, 0.3) is 10.4 Å². The molecule has 0 bridgehead atoms. The Hall–Kier alpha value is -2.19. The summed E-state index contributed by atoms with van der Waals surface area (Å²) >= 11 is 4.39. The quantitative estimate of drug-likeness (QED) is 0.652. The SMILES string of the molecule is CC(C)C(=O)Nc1cccc(-c2sc(C(=O)O)c(OCC=O)c2Br)c1. The van der Waals surface area contributed by atoms with E-state index in [0.29, 0.717) is 21.3 Å². The van der Waals surface area contributed by atoms with E-state index >= 15 is 0 Å². The number of thiophene rings is 1. The van der Waals surface area contributed by atoms with Gasteiger partial charge in [0.15, 0.2) is 16.9 Å². The number of carboxylic acid groups (broad SMARTS) is 1. The number of anilines is 1. The van der Waals surface area contributed by atoms with Crippen LogP contribution < -0.4 is 10.1 Å². The Bertz CT molecular complexity index is 815. The molecule has 0 aliphatic heterocycles. The zero-order chi connectivity index (χ0) is 18.6. The molecule has 0 radical (unpaired) electrons. The molecule has 6 nitrogen and oxygen atoms in total. The van der Waals surface area contributed by atoms with Gasteiger partial charge in [-0.15, -0.1) is 11.3 Å². The Morgan fingerprint density at radius 1 is 1.40 bits per heavy atom. The van der Waals surface area contributed by atoms with Gasteiger partial charge in [-0.05, 0) is 33.6 Å². The lowest BCUT2D eigenvalue weighted by Gasteiger charge is -2.09. The van der Waals surface area contributed by atoms with Gasteiger partial charge in [0, 0.05) is 11.6 Å². The number of ether oxygens (including phenoxy) is 1. The van der Waals surface area contributed by atoms with Crippen molar-refractivity contribution in [3.63, 3.8) is 0 Å². The van der Waals surface area contributed by atoms with Gasteiger partial charge in [0.1, 0.15) is 6.61 Å². The maximum absolute atomic E-state index is 11.8. The zero-order valence-corrected chi connectivity index (χ0v) is 15.9. The number of nitrogens with one attached hydrogen (secondary N) is 1. The zero-order valence-electron chi connectivity index (χ0n) is 13.5. The second-order valence-corrected chi connectivity index (χ2v) is 7.22. The van der Waals surface area contributed by atoms with Gasteiger partial charge in [0.2, 0.25) is 5.91 Å². The number of aromatic carboxylic acids is 1. The second-order valence-electron chi connectivity index (χ2n) is 5.41. The number of carbonyl (C=O) groups is 3. The number of carbonyl (C=O) groups excluding carboxylic acids is 2. The van der Waals surface area contributed by atoms with Crippen LogP contribution in [0.1, 0.15) is 23.5 Å². The van der Waals surface area contributed by atoms with E-state index in [1.54, 1.807) is 38.1 Å². The molecule has 25 heavy (non-hydrogen) atoms. The number of amides is 1. The van der Waals surface area contributed by atoms with E-state index in [1.807, 2.05) is 0 Å². The van der Waals surface area contributed by atoms with Crippen LogP contribution in [0.3, 0.4) is 0 Å². The lowest BCUT2D eigenvalue weighted by atomic mass is 10.1. The summed E-state index contributed by atoms with van der Waals surface area (Å²) in [5, 5.41) is 12.2. The highest BCUT2D eigenvalue weighted by molar-refractivity contribution is 9.10. The Balaban J connectivity index is 2.43. The van der Waals surface area contributed by atoms with Crippen molar-refractivity contribution in [2.24, 2.45) is 5.92 Å². The van der Waals surface area contributed by atoms with Gasteiger partial charge in [-0.1, -0.05) is 26.0 Å². The summed E-state index contributed by atoms with van der Waals surface area (Å²) in [6, 6.07) is 7.08. The molecule has 2 aromatic rings. The van der Waals surface area contributed by atoms with Crippen molar-refractivity contribution >= 4 is 51.1 Å². The van der Waals surface area contributed by atoms with Crippen molar-refractivity contribution in [1.82, 2.24) is 0 Å². The van der Waals surface area contributed by atoms with Gasteiger partial charge in [-0.25, -0.2) is 4.79 Å². The van der Waals surface area contributed by atoms with Crippen molar-refractivity contribution in [3.05, 3.63) is 33.6 Å². The first-order valence-electron chi connectivity index (χ1n) is 7.38. The minimum Gasteiger partial charge on any atom is -0.483 e. The highest BCUT2D eigenvalue weighted by Gasteiger charge is 2.23. The molecule has 2 rings (SSSR count). The maximum Gasteiger partial charge on any atom is 0.349 e. The van der Waals surface area contributed by atoms with Crippen LogP contribution in [0.4, 0.5) is 5.69 Å². The minimum atomic E-state index is -1.14. The normalized spacial score (nSPS) is 10.6. The maximum atomic E-state index is 11.8. The first kappa shape index (κ1) is 19.1.